The Balaban J connectivity index is 1.84. The second-order valence-electron chi connectivity index (χ2n) is 8.32. The van der Waals surface area contributed by atoms with Gasteiger partial charge in [-0.15, -0.1) is 0 Å². The van der Waals surface area contributed by atoms with Gasteiger partial charge in [-0.05, 0) is 56.4 Å². The summed E-state index contributed by atoms with van der Waals surface area (Å²) in [7, 11) is -4.36. The highest BCUT2D eigenvalue weighted by atomic mass is 32.2. The number of ether oxygens (including phenoxy) is 1. The zero-order valence-electron chi connectivity index (χ0n) is 18.7. The lowest BCUT2D eigenvalue weighted by Crippen LogP contribution is -2.32. The Bertz CT molecular complexity index is 1400. The van der Waals surface area contributed by atoms with Crippen molar-refractivity contribution in [3.05, 3.63) is 69.1 Å². The molecular formula is C23H23F2N3O5S2. The van der Waals surface area contributed by atoms with E-state index in [9.17, 15) is 26.8 Å². The van der Waals surface area contributed by atoms with Gasteiger partial charge in [-0.25, -0.2) is 17.8 Å². The Hall–Kier alpha value is -2.96. The first-order chi connectivity index (χ1) is 16.6. The number of nitrogens with zero attached hydrogens (tertiary/aromatic N) is 1. The van der Waals surface area contributed by atoms with Crippen LogP contribution in [0.4, 0.5) is 13.9 Å². The second-order valence-corrected chi connectivity index (χ2v) is 11.2. The molecule has 1 atom stereocenters. The molecule has 1 amide bonds. The first kappa shape index (κ1) is 25.1. The van der Waals surface area contributed by atoms with E-state index in [2.05, 4.69) is 15.3 Å². The molecular weight excluding hydrogens is 500 g/mol. The standard InChI is InChI=1S/C23H23F2N3O5S2/c1-13-9-18(35(31,32)16-4-2-3-15(24)11-16)20(22(30)27-13)17(10-14-5-7-33-8-6-14)21(29)28-23-26-12-19(25)34-23/h2-4,9,11-12,14,17H,5-8,10H2,1H3,(H,27,30)(H,26,28,29)/t17-/m1/s1. The summed E-state index contributed by atoms with van der Waals surface area (Å²) in [6, 6.07) is 5.72. The Kier molecular flexibility index (Phi) is 7.43. The highest BCUT2D eigenvalue weighted by molar-refractivity contribution is 7.91. The predicted molar refractivity (Wildman–Crippen MR) is 125 cm³/mol. The monoisotopic (exact) mass is 523 g/mol. The van der Waals surface area contributed by atoms with Gasteiger partial charge in [0.2, 0.25) is 15.7 Å². The van der Waals surface area contributed by atoms with Crippen molar-refractivity contribution in [2.45, 2.75) is 41.9 Å². The molecule has 0 unspecified atom stereocenters. The van der Waals surface area contributed by atoms with Gasteiger partial charge in [-0.1, -0.05) is 17.4 Å². The number of carbonyl (C=O) groups is 1. The number of aromatic amines is 1. The van der Waals surface area contributed by atoms with Crippen molar-refractivity contribution >= 4 is 32.2 Å². The summed E-state index contributed by atoms with van der Waals surface area (Å²) in [6.07, 6.45) is 2.38. The molecule has 4 rings (SSSR count). The number of benzene rings is 1. The molecule has 0 spiro atoms. The average molecular weight is 524 g/mol. The van der Waals surface area contributed by atoms with Crippen molar-refractivity contribution in [3.8, 4) is 0 Å². The van der Waals surface area contributed by atoms with E-state index in [4.69, 9.17) is 4.74 Å². The summed E-state index contributed by atoms with van der Waals surface area (Å²) in [5, 5.41) is 1.89. The van der Waals surface area contributed by atoms with Crippen LogP contribution in [0.3, 0.4) is 0 Å². The van der Waals surface area contributed by atoms with Crippen LogP contribution in [-0.4, -0.2) is 37.5 Å². The van der Waals surface area contributed by atoms with E-state index in [0.717, 1.165) is 18.3 Å². The molecule has 3 aromatic rings. The number of pyridine rings is 1. The number of H-pyrrole nitrogens is 1. The van der Waals surface area contributed by atoms with Crippen LogP contribution in [0.1, 0.15) is 36.4 Å². The van der Waals surface area contributed by atoms with Crippen LogP contribution in [0.15, 0.2) is 51.1 Å². The largest absolute Gasteiger partial charge is 0.381 e. The number of rotatable bonds is 7. The average Bonchev–Trinajstić information content (AvgIpc) is 3.22. The number of sulfone groups is 1. The molecule has 186 valence electrons. The van der Waals surface area contributed by atoms with E-state index in [1.807, 2.05) is 0 Å². The van der Waals surface area contributed by atoms with Gasteiger partial charge in [0.05, 0.1) is 21.9 Å². The number of amides is 1. The summed E-state index contributed by atoms with van der Waals surface area (Å²) in [5.74, 6) is -2.64. The fraction of sp³-hybridized carbons (Fsp3) is 0.348. The fourth-order valence-electron chi connectivity index (χ4n) is 4.16. The number of carbonyl (C=O) groups excluding carboxylic acids is 1. The molecule has 12 heteroatoms. The highest BCUT2D eigenvalue weighted by Gasteiger charge is 2.35. The van der Waals surface area contributed by atoms with Crippen molar-refractivity contribution in [3.63, 3.8) is 0 Å². The van der Waals surface area contributed by atoms with E-state index in [-0.39, 0.29) is 38.5 Å². The molecule has 0 aliphatic carbocycles. The molecule has 35 heavy (non-hydrogen) atoms. The summed E-state index contributed by atoms with van der Waals surface area (Å²) in [4.78, 5) is 32.2. The molecule has 3 heterocycles. The van der Waals surface area contributed by atoms with Crippen LogP contribution in [0.25, 0.3) is 0 Å². The van der Waals surface area contributed by atoms with Crippen molar-refractivity contribution in [1.29, 1.82) is 0 Å². The molecule has 8 nitrogen and oxygen atoms in total. The smallest absolute Gasteiger partial charge is 0.253 e. The van der Waals surface area contributed by atoms with Gasteiger partial charge in [0.1, 0.15) is 5.82 Å². The number of aryl methyl sites for hydroxylation is 1. The SMILES string of the molecule is Cc1cc(S(=O)(=O)c2cccc(F)c2)c([C@@H](CC2CCOCC2)C(=O)Nc2ncc(F)s2)c(=O)[nH]1. The zero-order valence-corrected chi connectivity index (χ0v) is 20.3. The molecule has 0 radical (unpaired) electrons. The minimum Gasteiger partial charge on any atom is -0.381 e. The van der Waals surface area contributed by atoms with E-state index >= 15 is 0 Å². The Morgan fingerprint density at radius 3 is 2.69 bits per heavy atom. The fourth-order valence-corrected chi connectivity index (χ4v) is 6.34. The number of hydrogen-bond donors (Lipinski definition) is 2. The predicted octanol–water partition coefficient (Wildman–Crippen LogP) is 3.79. The van der Waals surface area contributed by atoms with Crippen LogP contribution < -0.4 is 10.9 Å². The molecule has 1 aliphatic heterocycles. The Morgan fingerprint density at radius 2 is 2.03 bits per heavy atom. The second kappa shape index (κ2) is 10.3. The summed E-state index contributed by atoms with van der Waals surface area (Å²) in [6.45, 7) is 2.48. The normalized spacial score (nSPS) is 15.6. The van der Waals surface area contributed by atoms with E-state index < -0.39 is 38.2 Å². The third kappa shape index (κ3) is 5.65. The lowest BCUT2D eigenvalue weighted by molar-refractivity contribution is -0.118. The summed E-state index contributed by atoms with van der Waals surface area (Å²) in [5.41, 5.74) is -0.723. The van der Waals surface area contributed by atoms with E-state index in [1.165, 1.54) is 25.1 Å². The molecule has 2 aromatic heterocycles. The van der Waals surface area contributed by atoms with Gasteiger partial charge < -0.3 is 15.0 Å². The Morgan fingerprint density at radius 1 is 1.29 bits per heavy atom. The van der Waals surface area contributed by atoms with Gasteiger partial charge in [-0.2, -0.15) is 4.39 Å². The van der Waals surface area contributed by atoms with Crippen molar-refractivity contribution in [1.82, 2.24) is 9.97 Å². The topological polar surface area (TPSA) is 118 Å². The maximum absolute atomic E-state index is 13.9. The number of nitrogens with one attached hydrogen (secondary N) is 2. The number of halogens is 2. The molecule has 1 aliphatic rings. The molecule has 1 saturated heterocycles. The molecule has 1 aromatic carbocycles. The molecule has 2 N–H and O–H groups in total. The molecule has 0 saturated carbocycles. The minimum absolute atomic E-state index is 0.0115. The first-order valence-corrected chi connectivity index (χ1v) is 13.2. The third-order valence-electron chi connectivity index (χ3n) is 5.85. The quantitative estimate of drug-likeness (QED) is 0.487. The maximum atomic E-state index is 13.9. The van der Waals surface area contributed by atoms with Crippen molar-refractivity contribution < 1.29 is 26.7 Å². The van der Waals surface area contributed by atoms with E-state index in [1.54, 1.807) is 0 Å². The maximum Gasteiger partial charge on any atom is 0.253 e. The van der Waals surface area contributed by atoms with Gasteiger partial charge in [0.25, 0.3) is 5.56 Å². The number of hydrogen-bond acceptors (Lipinski definition) is 7. The summed E-state index contributed by atoms with van der Waals surface area (Å²) < 4.78 is 59.8. The zero-order chi connectivity index (χ0) is 25.2. The molecule has 0 bridgehead atoms. The third-order valence-corrected chi connectivity index (χ3v) is 8.34. The van der Waals surface area contributed by atoms with Crippen LogP contribution in [0.2, 0.25) is 0 Å². The van der Waals surface area contributed by atoms with Crippen LogP contribution in [-0.2, 0) is 19.4 Å². The van der Waals surface area contributed by atoms with Gasteiger partial charge in [0.15, 0.2) is 10.3 Å². The van der Waals surface area contributed by atoms with E-state index in [0.29, 0.717) is 37.4 Å². The van der Waals surface area contributed by atoms with Crippen LogP contribution in [0.5, 0.6) is 0 Å². The first-order valence-electron chi connectivity index (χ1n) is 10.9. The lowest BCUT2D eigenvalue weighted by Gasteiger charge is -2.27. The van der Waals surface area contributed by atoms with Crippen LogP contribution >= 0.6 is 11.3 Å². The van der Waals surface area contributed by atoms with Crippen LogP contribution in [0, 0.1) is 23.8 Å². The highest BCUT2D eigenvalue weighted by Crippen LogP contribution is 2.34. The van der Waals surface area contributed by atoms with Crippen molar-refractivity contribution in [2.24, 2.45) is 5.92 Å². The van der Waals surface area contributed by atoms with Gasteiger partial charge in [0, 0.05) is 24.5 Å². The lowest BCUT2D eigenvalue weighted by atomic mass is 9.84. The van der Waals surface area contributed by atoms with Gasteiger partial charge in [-0.3, -0.25) is 9.59 Å². The number of anilines is 1. The summed E-state index contributed by atoms with van der Waals surface area (Å²) >= 11 is 0.614. The number of thiazole rings is 1. The molecule has 1 fully saturated rings. The Labute approximate surface area is 204 Å². The minimum atomic E-state index is -4.36. The van der Waals surface area contributed by atoms with Crippen molar-refractivity contribution in [2.75, 3.05) is 18.5 Å². The number of aromatic nitrogens is 2. The van der Waals surface area contributed by atoms with Gasteiger partial charge >= 0.3 is 0 Å².